The van der Waals surface area contributed by atoms with Crippen LogP contribution in [0, 0.1) is 19.8 Å². The Kier molecular flexibility index (Phi) is 6.13. The van der Waals surface area contributed by atoms with Gasteiger partial charge in [-0.2, -0.15) is 0 Å². The summed E-state index contributed by atoms with van der Waals surface area (Å²) in [6.45, 7) is 6.05. The Morgan fingerprint density at radius 3 is 2.33 bits per heavy atom. The van der Waals surface area contributed by atoms with Gasteiger partial charge in [-0.3, -0.25) is 14.4 Å². The number of carbonyl (C=O) groups is 3. The van der Waals surface area contributed by atoms with E-state index in [1.54, 1.807) is 31.4 Å². The molecule has 1 N–H and O–H groups in total. The average molecular weight is 569 g/mol. The van der Waals surface area contributed by atoms with E-state index in [1.807, 2.05) is 86.3 Å². The number of ketones is 2. The first kappa shape index (κ1) is 26.9. The van der Waals surface area contributed by atoms with E-state index in [1.165, 1.54) is 0 Å². The number of Topliss-reactive ketones (excluding diaryl/α,β-unsaturated/α-hetero) is 2. The van der Waals surface area contributed by atoms with Crippen molar-refractivity contribution >= 4 is 34.4 Å². The van der Waals surface area contributed by atoms with Crippen LogP contribution in [0.15, 0.2) is 97.1 Å². The Morgan fingerprint density at radius 1 is 0.814 bits per heavy atom. The summed E-state index contributed by atoms with van der Waals surface area (Å²) in [5.41, 5.74) is 5.91. The molecule has 1 spiro atoms. The summed E-state index contributed by atoms with van der Waals surface area (Å²) in [5.74, 6) is -1.24. The highest BCUT2D eigenvalue weighted by Crippen LogP contribution is 2.59. The maximum atomic E-state index is 15.0. The predicted molar refractivity (Wildman–Crippen MR) is 168 cm³/mol. The lowest BCUT2D eigenvalue weighted by atomic mass is 9.64. The minimum atomic E-state index is -1.36. The molecular formula is C37H32N2O4. The molecule has 4 atom stereocenters. The number of carbonyl (C=O) groups excluding carboxylic acids is 3. The number of fused-ring (bicyclic) bond motifs is 6. The quantitative estimate of drug-likeness (QED) is 0.276. The van der Waals surface area contributed by atoms with Gasteiger partial charge in [0.15, 0.2) is 11.6 Å². The van der Waals surface area contributed by atoms with Gasteiger partial charge in [-0.05, 0) is 62.2 Å². The van der Waals surface area contributed by atoms with Crippen LogP contribution in [0.1, 0.15) is 49.9 Å². The molecule has 0 aromatic heterocycles. The summed E-state index contributed by atoms with van der Waals surface area (Å²) in [7, 11) is 1.55. The number of methoxy groups -OCH3 is 1. The lowest BCUT2D eigenvalue weighted by Crippen LogP contribution is -2.51. The Labute approximate surface area is 251 Å². The minimum Gasteiger partial charge on any atom is -0.497 e. The fourth-order valence-electron chi connectivity index (χ4n) is 7.39. The van der Waals surface area contributed by atoms with Crippen molar-refractivity contribution in [2.45, 2.75) is 38.3 Å². The summed E-state index contributed by atoms with van der Waals surface area (Å²) in [6, 6.07) is 26.6. The van der Waals surface area contributed by atoms with Crippen LogP contribution in [0.4, 0.5) is 11.4 Å². The molecule has 1 fully saturated rings. The van der Waals surface area contributed by atoms with Crippen LogP contribution in [0.5, 0.6) is 5.75 Å². The van der Waals surface area contributed by atoms with Crippen LogP contribution < -0.4 is 15.0 Å². The Hall–Kier alpha value is -4.97. The van der Waals surface area contributed by atoms with Gasteiger partial charge in [0.05, 0.1) is 19.1 Å². The molecule has 0 saturated carbocycles. The molecule has 0 aliphatic carbocycles. The Balaban J connectivity index is 1.55. The SMILES string of the molecule is COc1cccc(C(=O)[C@@H]2[C@H](C(=O)c3ccc(C)cc3)N3c4ccc(C)cc4C(C)=C[C@H]3[C@@]23C(=O)Nc2ccccc23)c1. The number of nitrogens with one attached hydrogen (secondary N) is 1. The fourth-order valence-corrected chi connectivity index (χ4v) is 7.39. The normalized spacial score (nSPS) is 23.3. The average Bonchev–Trinajstić information content (AvgIpc) is 3.49. The zero-order valence-electron chi connectivity index (χ0n) is 24.5. The van der Waals surface area contributed by atoms with Crippen LogP contribution in [-0.2, 0) is 10.2 Å². The summed E-state index contributed by atoms with van der Waals surface area (Å²) >= 11 is 0. The van der Waals surface area contributed by atoms with Crippen LogP contribution in [0.2, 0.25) is 0 Å². The van der Waals surface area contributed by atoms with Crippen molar-refractivity contribution in [3.05, 3.63) is 130 Å². The number of hydrogen-bond donors (Lipinski definition) is 1. The molecule has 0 unspecified atom stereocenters. The number of hydrogen-bond acceptors (Lipinski definition) is 5. The lowest BCUT2D eigenvalue weighted by molar-refractivity contribution is -0.121. The number of rotatable bonds is 5. The van der Waals surface area contributed by atoms with Gasteiger partial charge in [-0.15, -0.1) is 0 Å². The summed E-state index contributed by atoms with van der Waals surface area (Å²) < 4.78 is 5.46. The summed E-state index contributed by atoms with van der Waals surface area (Å²) in [5, 5.41) is 3.09. The highest BCUT2D eigenvalue weighted by Gasteiger charge is 2.70. The molecule has 0 bridgehead atoms. The van der Waals surface area contributed by atoms with Gasteiger partial charge in [-0.1, -0.05) is 77.9 Å². The second kappa shape index (κ2) is 9.80. The van der Waals surface area contributed by atoms with Crippen LogP contribution >= 0.6 is 0 Å². The van der Waals surface area contributed by atoms with Gasteiger partial charge < -0.3 is 15.0 Å². The van der Waals surface area contributed by atoms with E-state index in [-0.39, 0.29) is 17.5 Å². The van der Waals surface area contributed by atoms with E-state index in [0.29, 0.717) is 22.6 Å². The van der Waals surface area contributed by atoms with Crippen LogP contribution in [0.25, 0.3) is 5.57 Å². The van der Waals surface area contributed by atoms with Gasteiger partial charge in [0.25, 0.3) is 0 Å². The van der Waals surface area contributed by atoms with Gasteiger partial charge in [0.1, 0.15) is 17.2 Å². The van der Waals surface area contributed by atoms with Gasteiger partial charge in [0, 0.05) is 28.1 Å². The Bertz CT molecular complexity index is 1860. The molecule has 3 aliphatic rings. The van der Waals surface area contributed by atoms with E-state index in [2.05, 4.69) is 17.5 Å². The molecular weight excluding hydrogens is 536 g/mol. The number of aryl methyl sites for hydroxylation is 2. The van der Waals surface area contributed by atoms with Crippen molar-refractivity contribution in [3.8, 4) is 5.75 Å². The number of anilines is 2. The predicted octanol–water partition coefficient (Wildman–Crippen LogP) is 6.56. The van der Waals surface area contributed by atoms with Crippen molar-refractivity contribution in [1.29, 1.82) is 0 Å². The summed E-state index contributed by atoms with van der Waals surface area (Å²) in [6.07, 6.45) is 2.08. The lowest BCUT2D eigenvalue weighted by Gasteiger charge is -2.39. The molecule has 6 nitrogen and oxygen atoms in total. The van der Waals surface area contributed by atoms with Crippen molar-refractivity contribution in [1.82, 2.24) is 0 Å². The highest BCUT2D eigenvalue weighted by molar-refractivity contribution is 6.18. The van der Waals surface area contributed by atoms with Gasteiger partial charge in [-0.25, -0.2) is 0 Å². The highest BCUT2D eigenvalue weighted by atomic mass is 16.5. The first-order valence-corrected chi connectivity index (χ1v) is 14.5. The smallest absolute Gasteiger partial charge is 0.238 e. The number of amides is 1. The molecule has 7 rings (SSSR count). The zero-order valence-corrected chi connectivity index (χ0v) is 24.5. The van der Waals surface area contributed by atoms with Crippen LogP contribution in [-0.4, -0.2) is 36.7 Å². The molecule has 3 heterocycles. The molecule has 1 amide bonds. The number of allylic oxidation sites excluding steroid dienone is 1. The van der Waals surface area contributed by atoms with Crippen LogP contribution in [0.3, 0.4) is 0 Å². The zero-order chi connectivity index (χ0) is 30.0. The van der Waals surface area contributed by atoms with Crippen molar-refractivity contribution in [3.63, 3.8) is 0 Å². The van der Waals surface area contributed by atoms with Crippen molar-refractivity contribution < 1.29 is 19.1 Å². The largest absolute Gasteiger partial charge is 0.497 e. The maximum absolute atomic E-state index is 15.0. The molecule has 4 aromatic carbocycles. The van der Waals surface area contributed by atoms with E-state index in [9.17, 15) is 14.4 Å². The molecule has 43 heavy (non-hydrogen) atoms. The van der Waals surface area contributed by atoms with Gasteiger partial charge in [0.2, 0.25) is 5.91 Å². The van der Waals surface area contributed by atoms with Crippen molar-refractivity contribution in [2.24, 2.45) is 5.92 Å². The third-order valence-electron chi connectivity index (χ3n) is 9.37. The van der Waals surface area contributed by atoms with Gasteiger partial charge >= 0.3 is 0 Å². The third-order valence-corrected chi connectivity index (χ3v) is 9.37. The standard InChI is InChI=1S/C37H32N2O4/c1-21-12-15-24(16-13-21)35(41)33-32(34(40)25-8-7-9-26(20-25)43-4)37(28-10-5-6-11-29(28)38-36(37)42)31-19-23(3)27-18-22(2)14-17-30(27)39(31)33/h5-20,31-33H,1-4H3,(H,38,42)/t31-,32-,33+,37+/m0/s1. The number of para-hydroxylation sites is 1. The van der Waals surface area contributed by atoms with E-state index in [4.69, 9.17) is 4.74 Å². The first-order chi connectivity index (χ1) is 20.7. The van der Waals surface area contributed by atoms with E-state index in [0.717, 1.165) is 33.5 Å². The number of nitrogens with zero attached hydrogens (tertiary/aromatic N) is 1. The first-order valence-electron chi connectivity index (χ1n) is 14.5. The summed E-state index contributed by atoms with van der Waals surface area (Å²) in [4.78, 5) is 46.4. The topological polar surface area (TPSA) is 75.7 Å². The minimum absolute atomic E-state index is 0.195. The fraction of sp³-hybridized carbons (Fsp3) is 0.216. The molecule has 0 radical (unpaired) electrons. The second-order valence-corrected chi connectivity index (χ2v) is 11.8. The number of ether oxygens (including phenoxy) is 1. The monoisotopic (exact) mass is 568 g/mol. The number of benzene rings is 4. The third kappa shape index (κ3) is 3.82. The molecule has 6 heteroatoms. The molecule has 214 valence electrons. The molecule has 3 aliphatic heterocycles. The van der Waals surface area contributed by atoms with E-state index < -0.39 is 23.4 Å². The Morgan fingerprint density at radius 2 is 1.56 bits per heavy atom. The van der Waals surface area contributed by atoms with E-state index >= 15 is 0 Å². The maximum Gasteiger partial charge on any atom is 0.238 e. The molecule has 4 aromatic rings. The second-order valence-electron chi connectivity index (χ2n) is 11.8. The molecule has 1 saturated heterocycles. The van der Waals surface area contributed by atoms with Crippen molar-refractivity contribution in [2.75, 3.05) is 17.3 Å².